The molecule has 1 N–H and O–H groups in total. The first-order chi connectivity index (χ1) is 8.20. The van der Waals surface area contributed by atoms with Gasteiger partial charge in [-0.1, -0.05) is 0 Å². The molecule has 1 aliphatic rings. The van der Waals surface area contributed by atoms with Gasteiger partial charge in [0.15, 0.2) is 0 Å². The van der Waals surface area contributed by atoms with E-state index in [4.69, 9.17) is 5.26 Å². The largest absolute Gasteiger partial charge is 0.380 e. The molecule has 1 aliphatic heterocycles. The van der Waals surface area contributed by atoms with Crippen LogP contribution in [0.2, 0.25) is 0 Å². The Balaban J connectivity index is 2.22. The summed E-state index contributed by atoms with van der Waals surface area (Å²) in [6, 6.07) is 6.69. The Morgan fingerprint density at radius 2 is 2.41 bits per heavy atom. The van der Waals surface area contributed by atoms with Gasteiger partial charge < -0.3 is 5.32 Å². The van der Waals surface area contributed by atoms with Gasteiger partial charge in [0.05, 0.1) is 16.2 Å². The summed E-state index contributed by atoms with van der Waals surface area (Å²) in [5, 5.41) is 22.8. The molecule has 1 aromatic rings. The molecule has 2 rings (SSSR count). The fourth-order valence-corrected chi connectivity index (χ4v) is 2.88. The number of rotatable bonds is 3. The summed E-state index contributed by atoms with van der Waals surface area (Å²) in [6.45, 7) is 0. The van der Waals surface area contributed by atoms with Gasteiger partial charge in [-0.15, -0.1) is 0 Å². The van der Waals surface area contributed by atoms with E-state index in [1.807, 2.05) is 17.8 Å². The topological polar surface area (TPSA) is 79.0 Å². The van der Waals surface area contributed by atoms with Crippen molar-refractivity contribution in [3.8, 4) is 6.07 Å². The lowest BCUT2D eigenvalue weighted by Crippen LogP contribution is -2.18. The molecule has 0 amide bonds. The molecule has 1 saturated heterocycles. The fourth-order valence-electron chi connectivity index (χ4n) is 1.73. The number of hydrogen-bond donors (Lipinski definition) is 1. The van der Waals surface area contributed by atoms with Crippen LogP contribution in [-0.4, -0.2) is 22.5 Å². The lowest BCUT2D eigenvalue weighted by atomic mass is 10.1. The predicted octanol–water partition coefficient (Wildman–Crippen LogP) is 2.38. The zero-order valence-electron chi connectivity index (χ0n) is 9.05. The molecular formula is C11H11N3O2S. The van der Waals surface area contributed by atoms with Crippen LogP contribution in [0.25, 0.3) is 0 Å². The smallest absolute Gasteiger partial charge is 0.270 e. The average Bonchev–Trinajstić information content (AvgIpc) is 2.82. The van der Waals surface area contributed by atoms with Crippen molar-refractivity contribution in [3.05, 3.63) is 33.9 Å². The molecule has 1 fully saturated rings. The van der Waals surface area contributed by atoms with Gasteiger partial charge in [0, 0.05) is 23.9 Å². The van der Waals surface area contributed by atoms with E-state index < -0.39 is 4.92 Å². The Hall–Kier alpha value is -1.74. The number of thioether (sulfide) groups is 1. The average molecular weight is 249 g/mol. The minimum atomic E-state index is -0.490. The van der Waals surface area contributed by atoms with Crippen LogP contribution in [0.3, 0.4) is 0 Å². The van der Waals surface area contributed by atoms with E-state index in [1.54, 1.807) is 6.07 Å². The highest BCUT2D eigenvalue weighted by molar-refractivity contribution is 7.99. The van der Waals surface area contributed by atoms with Crippen molar-refractivity contribution in [3.63, 3.8) is 0 Å². The van der Waals surface area contributed by atoms with Crippen molar-refractivity contribution in [2.75, 3.05) is 16.8 Å². The van der Waals surface area contributed by atoms with E-state index in [1.165, 1.54) is 12.1 Å². The SMILES string of the molecule is N#Cc1cc([N+](=O)[O-])ccc1NC1CCSC1. The highest BCUT2D eigenvalue weighted by Crippen LogP contribution is 2.25. The Morgan fingerprint density at radius 3 is 3.00 bits per heavy atom. The summed E-state index contributed by atoms with van der Waals surface area (Å²) in [7, 11) is 0. The highest BCUT2D eigenvalue weighted by atomic mass is 32.2. The van der Waals surface area contributed by atoms with Crippen molar-refractivity contribution in [1.82, 2.24) is 0 Å². The molecule has 0 bridgehead atoms. The molecule has 1 unspecified atom stereocenters. The van der Waals surface area contributed by atoms with Crippen LogP contribution in [-0.2, 0) is 0 Å². The molecule has 5 nitrogen and oxygen atoms in total. The summed E-state index contributed by atoms with van der Waals surface area (Å²) in [4.78, 5) is 10.1. The van der Waals surface area contributed by atoms with Crippen LogP contribution < -0.4 is 5.32 Å². The van der Waals surface area contributed by atoms with E-state index in [2.05, 4.69) is 5.32 Å². The minimum absolute atomic E-state index is 0.0482. The maximum Gasteiger partial charge on any atom is 0.270 e. The number of nitrogens with zero attached hydrogens (tertiary/aromatic N) is 2. The highest BCUT2D eigenvalue weighted by Gasteiger charge is 2.17. The standard InChI is InChI=1S/C11H11N3O2S/c12-6-8-5-10(14(15)16)1-2-11(8)13-9-3-4-17-7-9/h1-2,5,9,13H,3-4,7H2. The molecular weight excluding hydrogens is 238 g/mol. The Kier molecular flexibility index (Phi) is 3.49. The maximum absolute atomic E-state index is 10.6. The van der Waals surface area contributed by atoms with Crippen LogP contribution in [0, 0.1) is 21.4 Å². The normalized spacial score (nSPS) is 18.6. The lowest BCUT2D eigenvalue weighted by Gasteiger charge is -2.13. The van der Waals surface area contributed by atoms with E-state index in [-0.39, 0.29) is 5.69 Å². The van der Waals surface area contributed by atoms with Gasteiger partial charge in [-0.25, -0.2) is 0 Å². The number of nitro benzene ring substituents is 1. The Morgan fingerprint density at radius 1 is 1.59 bits per heavy atom. The number of benzene rings is 1. The third kappa shape index (κ3) is 2.68. The first-order valence-electron chi connectivity index (χ1n) is 5.23. The molecule has 0 saturated carbocycles. The minimum Gasteiger partial charge on any atom is -0.380 e. The summed E-state index contributed by atoms with van der Waals surface area (Å²) in [6.07, 6.45) is 1.06. The van der Waals surface area contributed by atoms with E-state index in [0.717, 1.165) is 17.9 Å². The molecule has 1 heterocycles. The van der Waals surface area contributed by atoms with Crippen molar-refractivity contribution in [1.29, 1.82) is 5.26 Å². The molecule has 0 spiro atoms. The first kappa shape index (κ1) is 11.7. The monoisotopic (exact) mass is 249 g/mol. The Bertz CT molecular complexity index is 478. The van der Waals surface area contributed by atoms with E-state index in [9.17, 15) is 10.1 Å². The number of anilines is 1. The van der Waals surface area contributed by atoms with Gasteiger partial charge in [-0.3, -0.25) is 10.1 Å². The third-order valence-electron chi connectivity index (χ3n) is 2.62. The molecule has 0 aliphatic carbocycles. The molecule has 17 heavy (non-hydrogen) atoms. The number of nitrogens with one attached hydrogen (secondary N) is 1. The molecule has 0 aromatic heterocycles. The predicted molar refractivity (Wildman–Crippen MR) is 67.2 cm³/mol. The maximum atomic E-state index is 10.6. The number of nitriles is 1. The zero-order valence-corrected chi connectivity index (χ0v) is 9.87. The van der Waals surface area contributed by atoms with Crippen molar-refractivity contribution >= 4 is 23.1 Å². The summed E-state index contributed by atoms with van der Waals surface area (Å²) < 4.78 is 0. The van der Waals surface area contributed by atoms with E-state index in [0.29, 0.717) is 17.3 Å². The van der Waals surface area contributed by atoms with Crippen molar-refractivity contribution in [2.45, 2.75) is 12.5 Å². The van der Waals surface area contributed by atoms with Gasteiger partial charge in [-0.2, -0.15) is 17.0 Å². The first-order valence-corrected chi connectivity index (χ1v) is 6.39. The third-order valence-corrected chi connectivity index (χ3v) is 3.79. The molecule has 1 aromatic carbocycles. The van der Waals surface area contributed by atoms with Crippen LogP contribution in [0.5, 0.6) is 0 Å². The van der Waals surface area contributed by atoms with Crippen LogP contribution in [0.4, 0.5) is 11.4 Å². The molecule has 0 radical (unpaired) electrons. The number of non-ortho nitro benzene ring substituents is 1. The second-order valence-corrected chi connectivity index (χ2v) is 4.95. The molecule has 88 valence electrons. The second kappa shape index (κ2) is 5.06. The van der Waals surface area contributed by atoms with Crippen molar-refractivity contribution in [2.24, 2.45) is 0 Å². The van der Waals surface area contributed by atoms with Crippen LogP contribution >= 0.6 is 11.8 Å². The van der Waals surface area contributed by atoms with Gasteiger partial charge in [0.2, 0.25) is 0 Å². The van der Waals surface area contributed by atoms with Crippen LogP contribution in [0.15, 0.2) is 18.2 Å². The fraction of sp³-hybridized carbons (Fsp3) is 0.364. The van der Waals surface area contributed by atoms with Gasteiger partial charge in [0.25, 0.3) is 5.69 Å². The number of nitro groups is 1. The molecule has 1 atom stereocenters. The summed E-state index contributed by atoms with van der Waals surface area (Å²) in [5.74, 6) is 2.13. The van der Waals surface area contributed by atoms with Gasteiger partial charge in [-0.05, 0) is 18.2 Å². The van der Waals surface area contributed by atoms with Crippen molar-refractivity contribution < 1.29 is 4.92 Å². The zero-order chi connectivity index (χ0) is 12.3. The Labute approximate surface area is 103 Å². The number of hydrogen-bond acceptors (Lipinski definition) is 5. The van der Waals surface area contributed by atoms with Crippen LogP contribution in [0.1, 0.15) is 12.0 Å². The van der Waals surface area contributed by atoms with E-state index >= 15 is 0 Å². The van der Waals surface area contributed by atoms with Gasteiger partial charge in [0.1, 0.15) is 6.07 Å². The summed E-state index contributed by atoms with van der Waals surface area (Å²) in [5.41, 5.74) is 0.967. The van der Waals surface area contributed by atoms with Gasteiger partial charge >= 0.3 is 0 Å². The molecule has 6 heteroatoms. The summed E-state index contributed by atoms with van der Waals surface area (Å²) >= 11 is 1.87. The second-order valence-electron chi connectivity index (χ2n) is 3.80. The quantitative estimate of drug-likeness (QED) is 0.657. The lowest BCUT2D eigenvalue weighted by molar-refractivity contribution is -0.384.